The molecule has 2 aromatic rings. The van der Waals surface area contributed by atoms with Crippen molar-refractivity contribution in [1.29, 1.82) is 0 Å². The zero-order valence-corrected chi connectivity index (χ0v) is 12.6. The monoisotopic (exact) mass is 285 g/mol. The van der Waals surface area contributed by atoms with Crippen molar-refractivity contribution in [3.8, 4) is 5.75 Å². The van der Waals surface area contributed by atoms with Gasteiger partial charge in [0, 0.05) is 12.0 Å². The van der Waals surface area contributed by atoms with E-state index in [9.17, 15) is 4.39 Å². The molecule has 0 aromatic heterocycles. The van der Waals surface area contributed by atoms with Crippen molar-refractivity contribution >= 4 is 0 Å². The Balaban J connectivity index is 1.94. The number of hydrogen-bond donors (Lipinski definition) is 1. The van der Waals surface area contributed by atoms with E-state index in [0.717, 1.165) is 23.3 Å². The van der Waals surface area contributed by atoms with Gasteiger partial charge < -0.3 is 10.1 Å². The van der Waals surface area contributed by atoms with E-state index in [1.54, 1.807) is 6.07 Å². The molecule has 0 amide bonds. The molecule has 1 aliphatic rings. The van der Waals surface area contributed by atoms with Crippen LogP contribution in [-0.4, -0.2) is 13.2 Å². The molecule has 3 rings (SSSR count). The van der Waals surface area contributed by atoms with E-state index in [0.29, 0.717) is 5.56 Å². The minimum absolute atomic E-state index is 0.0803. The first kappa shape index (κ1) is 14.1. The predicted molar refractivity (Wildman–Crippen MR) is 82.2 cm³/mol. The second-order valence-electron chi connectivity index (χ2n) is 5.71. The van der Waals surface area contributed by atoms with Crippen molar-refractivity contribution in [3.05, 3.63) is 64.5 Å². The van der Waals surface area contributed by atoms with Gasteiger partial charge in [0.2, 0.25) is 0 Å². The van der Waals surface area contributed by atoms with Gasteiger partial charge in [-0.15, -0.1) is 0 Å². The average molecular weight is 285 g/mol. The second kappa shape index (κ2) is 5.49. The number of benzene rings is 2. The number of hydrogen-bond acceptors (Lipinski definition) is 2. The fourth-order valence-corrected chi connectivity index (χ4v) is 3.23. The molecule has 0 spiro atoms. The van der Waals surface area contributed by atoms with Crippen molar-refractivity contribution in [1.82, 2.24) is 5.32 Å². The molecule has 2 atom stereocenters. The quantitative estimate of drug-likeness (QED) is 0.928. The van der Waals surface area contributed by atoms with Crippen LogP contribution in [0, 0.1) is 19.7 Å². The lowest BCUT2D eigenvalue weighted by Gasteiger charge is -2.25. The van der Waals surface area contributed by atoms with Gasteiger partial charge in [-0.2, -0.15) is 0 Å². The zero-order chi connectivity index (χ0) is 15.0. The lowest BCUT2D eigenvalue weighted by Crippen LogP contribution is -2.34. The third kappa shape index (κ3) is 2.54. The van der Waals surface area contributed by atoms with Gasteiger partial charge in [-0.05, 0) is 49.7 Å². The zero-order valence-electron chi connectivity index (χ0n) is 12.6. The van der Waals surface area contributed by atoms with E-state index < -0.39 is 0 Å². The topological polar surface area (TPSA) is 21.3 Å². The van der Waals surface area contributed by atoms with Crippen molar-refractivity contribution in [2.24, 2.45) is 0 Å². The summed E-state index contributed by atoms with van der Waals surface area (Å²) in [5, 5.41) is 3.23. The Morgan fingerprint density at radius 3 is 2.67 bits per heavy atom. The van der Waals surface area contributed by atoms with Gasteiger partial charge in [-0.25, -0.2) is 4.39 Å². The van der Waals surface area contributed by atoms with E-state index in [1.807, 2.05) is 45.2 Å². The molecular formula is C18H20FNO. The van der Waals surface area contributed by atoms with Crippen LogP contribution in [0.5, 0.6) is 5.75 Å². The van der Waals surface area contributed by atoms with Crippen molar-refractivity contribution in [2.45, 2.75) is 32.4 Å². The highest BCUT2D eigenvalue weighted by Crippen LogP contribution is 2.35. The fraction of sp³-hybridized carbons (Fsp3) is 0.333. The minimum Gasteiger partial charge on any atom is -0.488 e. The largest absolute Gasteiger partial charge is 0.488 e. The average Bonchev–Trinajstić information content (AvgIpc) is 2.85. The molecule has 2 nitrogen and oxygen atoms in total. The lowest BCUT2D eigenvalue weighted by molar-refractivity contribution is 0.181. The van der Waals surface area contributed by atoms with Crippen LogP contribution < -0.4 is 10.1 Å². The van der Waals surface area contributed by atoms with E-state index in [2.05, 4.69) is 11.4 Å². The molecule has 2 unspecified atom stereocenters. The van der Waals surface area contributed by atoms with E-state index in [-0.39, 0.29) is 18.0 Å². The van der Waals surface area contributed by atoms with E-state index in [4.69, 9.17) is 4.74 Å². The molecule has 21 heavy (non-hydrogen) atoms. The van der Waals surface area contributed by atoms with Crippen LogP contribution in [0.25, 0.3) is 0 Å². The maximum atomic E-state index is 14.4. The molecule has 0 fully saturated rings. The van der Waals surface area contributed by atoms with Crippen LogP contribution >= 0.6 is 0 Å². The Labute approximate surface area is 125 Å². The molecule has 0 aliphatic carbocycles. The van der Waals surface area contributed by atoms with Crippen LogP contribution in [0.1, 0.15) is 28.3 Å². The van der Waals surface area contributed by atoms with Gasteiger partial charge in [0.25, 0.3) is 0 Å². The molecule has 0 radical (unpaired) electrons. The minimum atomic E-state index is -0.161. The summed E-state index contributed by atoms with van der Waals surface area (Å²) >= 11 is 0. The Bertz CT molecular complexity index is 620. The highest BCUT2D eigenvalue weighted by atomic mass is 19.1. The van der Waals surface area contributed by atoms with Crippen LogP contribution in [-0.2, 0) is 6.42 Å². The van der Waals surface area contributed by atoms with Gasteiger partial charge in [0.1, 0.15) is 17.7 Å². The van der Waals surface area contributed by atoms with E-state index in [1.165, 1.54) is 5.56 Å². The van der Waals surface area contributed by atoms with Crippen LogP contribution in [0.15, 0.2) is 36.4 Å². The fourth-order valence-electron chi connectivity index (χ4n) is 3.23. The highest BCUT2D eigenvalue weighted by Gasteiger charge is 2.32. The Hall–Kier alpha value is -1.87. The maximum Gasteiger partial charge on any atom is 0.128 e. The van der Waals surface area contributed by atoms with Gasteiger partial charge in [0.15, 0.2) is 0 Å². The summed E-state index contributed by atoms with van der Waals surface area (Å²) in [4.78, 5) is 0. The Morgan fingerprint density at radius 1 is 1.24 bits per heavy atom. The molecule has 2 aromatic carbocycles. The van der Waals surface area contributed by atoms with Crippen molar-refractivity contribution < 1.29 is 9.13 Å². The normalized spacial score (nSPS) is 18.2. The number of fused-ring (bicyclic) bond motifs is 1. The molecule has 0 saturated carbocycles. The van der Waals surface area contributed by atoms with E-state index >= 15 is 0 Å². The molecule has 0 bridgehead atoms. The first-order valence-corrected chi connectivity index (χ1v) is 7.28. The highest BCUT2D eigenvalue weighted by molar-refractivity contribution is 5.40. The predicted octanol–water partition coefficient (Wildman–Crippen LogP) is 3.71. The molecule has 0 saturated heterocycles. The molecule has 1 heterocycles. The summed E-state index contributed by atoms with van der Waals surface area (Å²) in [6.45, 7) is 3.87. The SMILES string of the molecule is CNC(c1c(C)cc(C)cc1F)C1Cc2ccccc2O1. The summed E-state index contributed by atoms with van der Waals surface area (Å²) in [5.41, 5.74) is 3.81. The number of likely N-dealkylation sites (N-methyl/N-ethyl adjacent to an activating group) is 1. The standard InChI is InChI=1S/C18H20FNO/c1-11-8-12(2)17(14(19)9-11)18(20-3)16-10-13-6-4-5-7-15(13)21-16/h4-9,16,18,20H,10H2,1-3H3. The summed E-state index contributed by atoms with van der Waals surface area (Å²) in [7, 11) is 1.86. The Kier molecular flexibility index (Phi) is 3.68. The lowest BCUT2D eigenvalue weighted by atomic mass is 9.93. The number of aryl methyl sites for hydroxylation is 2. The first-order chi connectivity index (χ1) is 10.1. The third-order valence-electron chi connectivity index (χ3n) is 4.15. The molecule has 1 aliphatic heterocycles. The molecule has 3 heteroatoms. The second-order valence-corrected chi connectivity index (χ2v) is 5.71. The number of para-hydroxylation sites is 1. The molecule has 110 valence electrons. The molecule has 1 N–H and O–H groups in total. The van der Waals surface area contributed by atoms with Gasteiger partial charge in [-0.1, -0.05) is 24.3 Å². The van der Waals surface area contributed by atoms with Gasteiger partial charge in [0.05, 0.1) is 6.04 Å². The smallest absolute Gasteiger partial charge is 0.128 e. The number of halogens is 1. The number of ether oxygens (including phenoxy) is 1. The summed E-state index contributed by atoms with van der Waals surface area (Å²) in [6, 6.07) is 11.5. The summed E-state index contributed by atoms with van der Waals surface area (Å²) in [5.74, 6) is 0.749. The van der Waals surface area contributed by atoms with Gasteiger partial charge in [-0.3, -0.25) is 0 Å². The van der Waals surface area contributed by atoms with Crippen LogP contribution in [0.2, 0.25) is 0 Å². The number of rotatable bonds is 3. The van der Waals surface area contributed by atoms with Crippen LogP contribution in [0.3, 0.4) is 0 Å². The summed E-state index contributed by atoms with van der Waals surface area (Å²) < 4.78 is 20.5. The van der Waals surface area contributed by atoms with Crippen molar-refractivity contribution in [3.63, 3.8) is 0 Å². The van der Waals surface area contributed by atoms with Gasteiger partial charge >= 0.3 is 0 Å². The first-order valence-electron chi connectivity index (χ1n) is 7.28. The Morgan fingerprint density at radius 2 is 2.00 bits per heavy atom. The number of nitrogens with one attached hydrogen (secondary N) is 1. The third-order valence-corrected chi connectivity index (χ3v) is 4.15. The summed E-state index contributed by atoms with van der Waals surface area (Å²) in [6.07, 6.45) is 0.720. The van der Waals surface area contributed by atoms with Crippen LogP contribution in [0.4, 0.5) is 4.39 Å². The molecular weight excluding hydrogens is 265 g/mol. The van der Waals surface area contributed by atoms with Crippen molar-refractivity contribution in [2.75, 3.05) is 7.05 Å². The maximum absolute atomic E-state index is 14.4.